The van der Waals surface area contributed by atoms with Crippen LogP contribution >= 0.6 is 11.3 Å². The quantitative estimate of drug-likeness (QED) is 0.358. The van der Waals surface area contributed by atoms with Gasteiger partial charge in [0.15, 0.2) is 5.43 Å². The van der Waals surface area contributed by atoms with E-state index in [1.807, 2.05) is 42.5 Å². The summed E-state index contributed by atoms with van der Waals surface area (Å²) >= 11 is 1.40. The van der Waals surface area contributed by atoms with E-state index in [-0.39, 0.29) is 21.9 Å². The van der Waals surface area contributed by atoms with Gasteiger partial charge in [0, 0.05) is 14.8 Å². The summed E-state index contributed by atoms with van der Waals surface area (Å²) in [5.74, 6) is -1.42. The van der Waals surface area contributed by atoms with Gasteiger partial charge in [0.25, 0.3) is 0 Å². The van der Waals surface area contributed by atoms with Gasteiger partial charge in [-0.25, -0.2) is 9.59 Å². The molecule has 4 rings (SSSR count). The van der Waals surface area contributed by atoms with E-state index in [4.69, 9.17) is 9.47 Å². The van der Waals surface area contributed by atoms with E-state index in [9.17, 15) is 14.4 Å². The molecule has 0 aliphatic rings. The number of ether oxygens (including phenoxy) is 2. The molecule has 0 amide bonds. The number of hydrogen-bond acceptors (Lipinski definition) is 6. The maximum absolute atomic E-state index is 13.3. The molecular weight excluding hydrogens is 400 g/mol. The predicted molar refractivity (Wildman–Crippen MR) is 118 cm³/mol. The van der Waals surface area contributed by atoms with Crippen molar-refractivity contribution < 1.29 is 19.1 Å². The maximum Gasteiger partial charge on any atom is 0.339 e. The zero-order valence-corrected chi connectivity index (χ0v) is 17.2. The molecule has 0 saturated carbocycles. The van der Waals surface area contributed by atoms with E-state index in [1.54, 1.807) is 18.2 Å². The topological polar surface area (TPSA) is 69.7 Å². The lowest BCUT2D eigenvalue weighted by atomic mass is 9.92. The summed E-state index contributed by atoms with van der Waals surface area (Å²) < 4.78 is 11.4. The molecule has 6 heteroatoms. The molecular formula is C24H18O5S. The molecule has 0 atom stereocenters. The summed E-state index contributed by atoms with van der Waals surface area (Å²) in [6.07, 6.45) is 0.402. The van der Waals surface area contributed by atoms with Crippen LogP contribution in [0.5, 0.6) is 0 Å². The zero-order valence-electron chi connectivity index (χ0n) is 16.4. The van der Waals surface area contributed by atoms with Crippen LogP contribution in [0.25, 0.3) is 20.2 Å². The van der Waals surface area contributed by atoms with Gasteiger partial charge in [-0.3, -0.25) is 4.79 Å². The van der Waals surface area contributed by atoms with Crippen molar-refractivity contribution >= 4 is 43.4 Å². The summed E-state index contributed by atoms with van der Waals surface area (Å²) in [6.45, 7) is 0. The highest BCUT2D eigenvalue weighted by Gasteiger charge is 2.28. The molecule has 4 aromatic rings. The molecule has 0 saturated heterocycles. The third-order valence-electron chi connectivity index (χ3n) is 4.97. The summed E-state index contributed by atoms with van der Waals surface area (Å²) in [6, 6.07) is 18.6. The maximum atomic E-state index is 13.3. The number of benzene rings is 3. The van der Waals surface area contributed by atoms with Crippen LogP contribution in [0.15, 0.2) is 65.5 Å². The fourth-order valence-electron chi connectivity index (χ4n) is 3.61. The van der Waals surface area contributed by atoms with Gasteiger partial charge in [-0.2, -0.15) is 0 Å². The largest absolute Gasteiger partial charge is 0.465 e. The van der Waals surface area contributed by atoms with Gasteiger partial charge in [-0.05, 0) is 35.7 Å². The van der Waals surface area contributed by atoms with Crippen LogP contribution in [0.4, 0.5) is 0 Å². The molecule has 0 aliphatic heterocycles. The number of rotatable bonds is 4. The first-order chi connectivity index (χ1) is 14.5. The third-order valence-corrected chi connectivity index (χ3v) is 6.09. The lowest BCUT2D eigenvalue weighted by Crippen LogP contribution is -2.19. The van der Waals surface area contributed by atoms with E-state index < -0.39 is 11.9 Å². The summed E-state index contributed by atoms with van der Waals surface area (Å²) in [7, 11) is 2.48. The Bertz CT molecular complexity index is 1340. The first-order valence-electron chi connectivity index (χ1n) is 9.27. The molecule has 0 aliphatic carbocycles. The molecule has 0 spiro atoms. The van der Waals surface area contributed by atoms with Crippen LogP contribution in [0.1, 0.15) is 31.8 Å². The molecule has 0 unspecified atom stereocenters. The van der Waals surface area contributed by atoms with Crippen molar-refractivity contribution in [3.05, 3.63) is 93.1 Å². The fraction of sp³-hybridized carbons (Fsp3) is 0.125. The van der Waals surface area contributed by atoms with Gasteiger partial charge in [0.1, 0.15) is 0 Å². The first-order valence-corrected chi connectivity index (χ1v) is 10.1. The van der Waals surface area contributed by atoms with Crippen molar-refractivity contribution in [2.45, 2.75) is 6.42 Å². The number of methoxy groups -OCH3 is 2. The molecule has 0 fully saturated rings. The van der Waals surface area contributed by atoms with Gasteiger partial charge in [0.05, 0.1) is 30.7 Å². The Labute approximate surface area is 176 Å². The fourth-order valence-corrected chi connectivity index (χ4v) is 4.76. The van der Waals surface area contributed by atoms with Crippen LogP contribution in [0.3, 0.4) is 0 Å². The minimum atomic E-state index is -0.741. The van der Waals surface area contributed by atoms with Crippen molar-refractivity contribution in [3.8, 4) is 0 Å². The second-order valence-corrected chi connectivity index (χ2v) is 7.82. The van der Waals surface area contributed by atoms with Gasteiger partial charge in [0.2, 0.25) is 0 Å². The van der Waals surface area contributed by atoms with E-state index in [2.05, 4.69) is 0 Å². The van der Waals surface area contributed by atoms with Crippen LogP contribution in [0.2, 0.25) is 0 Å². The average Bonchev–Trinajstić information content (AvgIpc) is 2.78. The van der Waals surface area contributed by atoms with Crippen LogP contribution in [-0.2, 0) is 15.9 Å². The highest BCUT2D eigenvalue weighted by atomic mass is 32.1. The molecule has 0 N–H and O–H groups in total. The molecule has 150 valence electrons. The predicted octanol–water partition coefficient (Wildman–Crippen LogP) is 4.58. The molecule has 5 nitrogen and oxygen atoms in total. The molecule has 3 aromatic carbocycles. The number of hydrogen-bond donors (Lipinski definition) is 0. The average molecular weight is 418 g/mol. The summed E-state index contributed by atoms with van der Waals surface area (Å²) in [5, 5.41) is 0.675. The molecule has 0 radical (unpaired) electrons. The zero-order chi connectivity index (χ0) is 21.3. The van der Waals surface area contributed by atoms with Crippen molar-refractivity contribution in [1.82, 2.24) is 0 Å². The third kappa shape index (κ3) is 3.35. The Kier molecular flexibility index (Phi) is 5.33. The Hall–Kier alpha value is -3.51. The van der Waals surface area contributed by atoms with E-state index in [1.165, 1.54) is 25.6 Å². The van der Waals surface area contributed by atoms with E-state index in [0.29, 0.717) is 22.1 Å². The second-order valence-electron chi connectivity index (χ2n) is 6.73. The lowest BCUT2D eigenvalue weighted by Gasteiger charge is -2.15. The molecule has 1 heterocycles. The van der Waals surface area contributed by atoms with Crippen molar-refractivity contribution in [2.75, 3.05) is 14.2 Å². The number of carbonyl (C=O) groups excluding carboxylic acids is 2. The van der Waals surface area contributed by atoms with Crippen molar-refractivity contribution in [2.24, 2.45) is 0 Å². The lowest BCUT2D eigenvalue weighted by molar-refractivity contribution is 0.0556. The first kappa shape index (κ1) is 19.8. The van der Waals surface area contributed by atoms with Crippen molar-refractivity contribution in [1.29, 1.82) is 0 Å². The van der Waals surface area contributed by atoms with Gasteiger partial charge in [-0.1, -0.05) is 42.5 Å². The standard InChI is InChI=1S/C24H18O5S/c1-28-23(26)19-15(12-14-8-4-3-5-9-14)13-18-20(21(19)24(27)29-2)22(25)16-10-6-7-11-17(16)30-18/h3-11,13H,12H2,1-2H3. The van der Waals surface area contributed by atoms with Crippen molar-refractivity contribution in [3.63, 3.8) is 0 Å². The van der Waals surface area contributed by atoms with E-state index >= 15 is 0 Å². The van der Waals surface area contributed by atoms with Gasteiger partial charge < -0.3 is 9.47 Å². The second kappa shape index (κ2) is 8.08. The Morgan fingerprint density at radius 1 is 0.833 bits per heavy atom. The molecule has 30 heavy (non-hydrogen) atoms. The molecule has 0 bridgehead atoms. The summed E-state index contributed by atoms with van der Waals surface area (Å²) in [5.41, 5.74) is 1.29. The van der Waals surface area contributed by atoms with Crippen LogP contribution in [0, 0.1) is 0 Å². The van der Waals surface area contributed by atoms with E-state index in [0.717, 1.165) is 10.3 Å². The van der Waals surface area contributed by atoms with Gasteiger partial charge in [-0.15, -0.1) is 11.3 Å². The Balaban J connectivity index is 2.15. The number of carbonyl (C=O) groups is 2. The SMILES string of the molecule is COC(=O)c1c(Cc2ccccc2)cc2sc3ccccc3c(=O)c2c1C(=O)OC. The number of fused-ring (bicyclic) bond motifs is 2. The monoisotopic (exact) mass is 418 g/mol. The highest BCUT2D eigenvalue weighted by molar-refractivity contribution is 7.24. The Morgan fingerprint density at radius 3 is 2.17 bits per heavy atom. The smallest absolute Gasteiger partial charge is 0.339 e. The summed E-state index contributed by atoms with van der Waals surface area (Å²) in [4.78, 5) is 38.9. The molecule has 1 aromatic heterocycles. The van der Waals surface area contributed by atoms with Gasteiger partial charge >= 0.3 is 11.9 Å². The minimum absolute atomic E-state index is 0.0419. The van der Waals surface area contributed by atoms with Crippen LogP contribution < -0.4 is 5.43 Å². The minimum Gasteiger partial charge on any atom is -0.465 e. The highest BCUT2D eigenvalue weighted by Crippen LogP contribution is 2.32. The van der Waals surface area contributed by atoms with Crippen LogP contribution in [-0.4, -0.2) is 26.2 Å². The number of esters is 2. The Morgan fingerprint density at radius 2 is 1.47 bits per heavy atom. The normalized spacial score (nSPS) is 10.9.